The van der Waals surface area contributed by atoms with E-state index in [0.29, 0.717) is 5.89 Å². The predicted octanol–water partition coefficient (Wildman–Crippen LogP) is 3.76. The Morgan fingerprint density at radius 1 is 1.47 bits per heavy atom. The second kappa shape index (κ2) is 5.34. The zero-order chi connectivity index (χ0) is 13.3. The van der Waals surface area contributed by atoms with Crippen molar-refractivity contribution >= 4 is 27.3 Å². The molecular formula is C13H16BrN3OS. The van der Waals surface area contributed by atoms with Crippen LogP contribution in [0, 0.1) is 6.92 Å². The van der Waals surface area contributed by atoms with Gasteiger partial charge in [-0.25, -0.2) is 0 Å². The fourth-order valence-corrected chi connectivity index (χ4v) is 4.05. The fraction of sp³-hybridized carbons (Fsp3) is 0.538. The highest BCUT2D eigenvalue weighted by molar-refractivity contribution is 9.10. The van der Waals surface area contributed by atoms with Crippen LogP contribution in [0.15, 0.2) is 20.4 Å². The lowest BCUT2D eigenvalue weighted by Crippen LogP contribution is -2.40. The standard InChI is InChI=1S/C13H16BrN3OS/c1-9-16-12(17-18-9)13(4-2-3-5-13)15-7-11-6-10(14)8-19-11/h6,8,15H,2-5,7H2,1H3. The molecule has 4 nitrogen and oxygen atoms in total. The van der Waals surface area contributed by atoms with Gasteiger partial charge in [0.15, 0.2) is 5.82 Å². The minimum absolute atomic E-state index is 0.103. The van der Waals surface area contributed by atoms with Crippen molar-refractivity contribution in [2.24, 2.45) is 0 Å². The summed E-state index contributed by atoms with van der Waals surface area (Å²) < 4.78 is 6.30. The van der Waals surface area contributed by atoms with Crippen LogP contribution in [0.1, 0.15) is 42.3 Å². The highest BCUT2D eigenvalue weighted by Crippen LogP contribution is 2.37. The van der Waals surface area contributed by atoms with Crippen molar-refractivity contribution in [3.05, 3.63) is 32.5 Å². The molecule has 102 valence electrons. The van der Waals surface area contributed by atoms with E-state index in [2.05, 4.69) is 42.8 Å². The van der Waals surface area contributed by atoms with E-state index >= 15 is 0 Å². The summed E-state index contributed by atoms with van der Waals surface area (Å²) in [6.07, 6.45) is 4.60. The molecule has 1 fully saturated rings. The van der Waals surface area contributed by atoms with Gasteiger partial charge in [-0.05, 0) is 34.8 Å². The maximum absolute atomic E-state index is 5.15. The fourth-order valence-electron chi connectivity index (χ4n) is 2.65. The van der Waals surface area contributed by atoms with E-state index in [1.807, 2.05) is 6.92 Å². The molecule has 6 heteroatoms. The molecule has 3 rings (SSSR count). The topological polar surface area (TPSA) is 51.0 Å². The van der Waals surface area contributed by atoms with Crippen molar-refractivity contribution in [1.82, 2.24) is 15.5 Å². The third-order valence-electron chi connectivity index (χ3n) is 3.64. The minimum atomic E-state index is -0.103. The van der Waals surface area contributed by atoms with E-state index in [0.717, 1.165) is 29.7 Å². The highest BCUT2D eigenvalue weighted by Gasteiger charge is 2.39. The van der Waals surface area contributed by atoms with Crippen molar-refractivity contribution in [2.75, 3.05) is 0 Å². The van der Waals surface area contributed by atoms with Gasteiger partial charge in [0, 0.05) is 28.2 Å². The first kappa shape index (κ1) is 13.3. The van der Waals surface area contributed by atoms with Gasteiger partial charge in [-0.15, -0.1) is 11.3 Å². The summed E-state index contributed by atoms with van der Waals surface area (Å²) in [5.41, 5.74) is -0.103. The molecule has 0 saturated heterocycles. The van der Waals surface area contributed by atoms with Gasteiger partial charge in [0.1, 0.15) is 0 Å². The molecule has 1 N–H and O–H groups in total. The zero-order valence-electron chi connectivity index (χ0n) is 10.8. The van der Waals surface area contributed by atoms with Crippen LogP contribution in [0.2, 0.25) is 0 Å². The first-order valence-electron chi connectivity index (χ1n) is 6.47. The van der Waals surface area contributed by atoms with Gasteiger partial charge in [-0.3, -0.25) is 5.32 Å². The smallest absolute Gasteiger partial charge is 0.223 e. The largest absolute Gasteiger partial charge is 0.340 e. The molecule has 0 spiro atoms. The Hall–Kier alpha value is -0.720. The average molecular weight is 342 g/mol. The molecule has 1 aliphatic carbocycles. The number of thiophene rings is 1. The van der Waals surface area contributed by atoms with Gasteiger partial charge >= 0.3 is 0 Å². The molecule has 0 bridgehead atoms. The molecule has 0 aromatic carbocycles. The summed E-state index contributed by atoms with van der Waals surface area (Å²) >= 11 is 5.25. The van der Waals surface area contributed by atoms with Gasteiger partial charge in [0.25, 0.3) is 0 Å². The van der Waals surface area contributed by atoms with Gasteiger partial charge in [-0.1, -0.05) is 18.0 Å². The van der Waals surface area contributed by atoms with Crippen molar-refractivity contribution in [2.45, 2.75) is 44.7 Å². The van der Waals surface area contributed by atoms with Crippen LogP contribution in [-0.2, 0) is 12.1 Å². The molecule has 1 aliphatic rings. The van der Waals surface area contributed by atoms with Gasteiger partial charge in [0.05, 0.1) is 5.54 Å². The van der Waals surface area contributed by atoms with Crippen LogP contribution in [0.25, 0.3) is 0 Å². The van der Waals surface area contributed by atoms with E-state index in [1.54, 1.807) is 11.3 Å². The number of aryl methyl sites for hydroxylation is 1. The molecule has 0 atom stereocenters. The van der Waals surface area contributed by atoms with Crippen molar-refractivity contribution in [3.63, 3.8) is 0 Å². The molecule has 2 heterocycles. The zero-order valence-corrected chi connectivity index (χ0v) is 13.2. The van der Waals surface area contributed by atoms with Crippen molar-refractivity contribution < 1.29 is 4.52 Å². The van der Waals surface area contributed by atoms with Crippen molar-refractivity contribution in [1.29, 1.82) is 0 Å². The Balaban J connectivity index is 1.77. The van der Waals surface area contributed by atoms with Crippen LogP contribution < -0.4 is 5.32 Å². The maximum atomic E-state index is 5.15. The predicted molar refractivity (Wildman–Crippen MR) is 78.0 cm³/mol. The van der Waals surface area contributed by atoms with Crippen molar-refractivity contribution in [3.8, 4) is 0 Å². The summed E-state index contributed by atoms with van der Waals surface area (Å²) in [7, 11) is 0. The first-order chi connectivity index (χ1) is 9.18. The number of aromatic nitrogens is 2. The average Bonchev–Trinajstić information content (AvgIpc) is 3.08. The quantitative estimate of drug-likeness (QED) is 0.919. The van der Waals surface area contributed by atoms with Crippen LogP contribution in [0.3, 0.4) is 0 Å². The summed E-state index contributed by atoms with van der Waals surface area (Å²) in [6, 6.07) is 2.15. The number of hydrogen-bond donors (Lipinski definition) is 1. The summed E-state index contributed by atoms with van der Waals surface area (Å²) in [5.74, 6) is 1.46. The first-order valence-corrected chi connectivity index (χ1v) is 8.14. The Kier molecular flexibility index (Phi) is 3.73. The van der Waals surface area contributed by atoms with E-state index in [1.165, 1.54) is 17.7 Å². The van der Waals surface area contributed by atoms with E-state index < -0.39 is 0 Å². The highest BCUT2D eigenvalue weighted by atomic mass is 79.9. The third kappa shape index (κ3) is 2.75. The molecule has 19 heavy (non-hydrogen) atoms. The molecule has 0 unspecified atom stereocenters. The van der Waals surface area contributed by atoms with E-state index in [4.69, 9.17) is 4.52 Å². The minimum Gasteiger partial charge on any atom is -0.340 e. The second-order valence-electron chi connectivity index (χ2n) is 5.01. The lowest BCUT2D eigenvalue weighted by molar-refractivity contribution is 0.298. The van der Waals surface area contributed by atoms with Gasteiger partial charge < -0.3 is 4.52 Å². The monoisotopic (exact) mass is 341 g/mol. The summed E-state index contributed by atoms with van der Waals surface area (Å²) in [6.45, 7) is 2.69. The summed E-state index contributed by atoms with van der Waals surface area (Å²) in [5, 5.41) is 9.90. The van der Waals surface area contributed by atoms with Gasteiger partial charge in [0.2, 0.25) is 5.89 Å². The van der Waals surface area contributed by atoms with Crippen LogP contribution >= 0.6 is 27.3 Å². The number of rotatable bonds is 4. The van der Waals surface area contributed by atoms with Crippen LogP contribution in [0.5, 0.6) is 0 Å². The second-order valence-corrected chi connectivity index (χ2v) is 6.92. The van der Waals surface area contributed by atoms with E-state index in [-0.39, 0.29) is 5.54 Å². The normalized spacial score (nSPS) is 18.0. The maximum Gasteiger partial charge on any atom is 0.223 e. The number of hydrogen-bond acceptors (Lipinski definition) is 5. The van der Waals surface area contributed by atoms with Crippen LogP contribution in [0.4, 0.5) is 0 Å². The number of nitrogens with zero attached hydrogens (tertiary/aromatic N) is 2. The molecule has 2 aromatic rings. The number of nitrogens with one attached hydrogen (secondary N) is 1. The molecule has 0 radical (unpaired) electrons. The molecule has 0 aliphatic heterocycles. The van der Waals surface area contributed by atoms with Crippen LogP contribution in [-0.4, -0.2) is 10.1 Å². The Labute approximate surface area is 124 Å². The lowest BCUT2D eigenvalue weighted by atomic mass is 9.96. The number of halogens is 1. The Bertz CT molecular complexity index is 560. The Morgan fingerprint density at radius 3 is 2.84 bits per heavy atom. The Morgan fingerprint density at radius 2 is 2.26 bits per heavy atom. The lowest BCUT2D eigenvalue weighted by Gasteiger charge is -2.26. The van der Waals surface area contributed by atoms with Gasteiger partial charge in [-0.2, -0.15) is 4.98 Å². The molecule has 1 saturated carbocycles. The third-order valence-corrected chi connectivity index (χ3v) is 5.33. The molecule has 0 amide bonds. The SMILES string of the molecule is Cc1nc(C2(NCc3cc(Br)cs3)CCCC2)no1. The van der Waals surface area contributed by atoms with E-state index in [9.17, 15) is 0 Å². The summed E-state index contributed by atoms with van der Waals surface area (Å²) in [4.78, 5) is 5.75. The molecule has 2 aromatic heterocycles. The molecular weight excluding hydrogens is 326 g/mol.